The van der Waals surface area contributed by atoms with Crippen LogP contribution < -0.4 is 9.62 Å². The number of carbonyl (C=O) groups is 2. The number of rotatable bonds is 10. The normalized spacial score (nSPS) is 12.8. The molecule has 0 radical (unpaired) electrons. The number of halogens is 6. The maximum Gasteiger partial charge on any atom is 0.417 e. The fourth-order valence-electron chi connectivity index (χ4n) is 3.63. The van der Waals surface area contributed by atoms with Crippen molar-refractivity contribution in [3.8, 4) is 0 Å². The highest BCUT2D eigenvalue weighted by molar-refractivity contribution is 7.92. The fraction of sp³-hybridized carbons (Fsp3) is 0.417. The third-order valence-electron chi connectivity index (χ3n) is 5.38. The summed E-state index contributed by atoms with van der Waals surface area (Å²) in [5.74, 6) is -1.30. The molecule has 0 heterocycles. The van der Waals surface area contributed by atoms with Crippen LogP contribution in [0, 0.1) is 0 Å². The van der Waals surface area contributed by atoms with Crippen molar-refractivity contribution in [1.82, 2.24) is 10.2 Å². The topological polar surface area (TPSA) is 86.8 Å². The van der Waals surface area contributed by atoms with Crippen molar-refractivity contribution in [3.63, 3.8) is 0 Å². The lowest BCUT2D eigenvalue weighted by molar-refractivity contribution is -0.140. The van der Waals surface area contributed by atoms with Crippen LogP contribution in [0.2, 0.25) is 15.1 Å². The molecule has 2 rings (SSSR count). The summed E-state index contributed by atoms with van der Waals surface area (Å²) in [5, 5.41) is 2.57. The molecule has 0 fully saturated rings. The molecule has 0 bridgehead atoms. The number of hydrogen-bond acceptors (Lipinski definition) is 4. The van der Waals surface area contributed by atoms with Crippen molar-refractivity contribution in [3.05, 3.63) is 62.6 Å². The zero-order chi connectivity index (χ0) is 29.0. The van der Waals surface area contributed by atoms with Crippen molar-refractivity contribution in [1.29, 1.82) is 0 Å². The fourth-order valence-corrected chi connectivity index (χ4v) is 5.02. The maximum absolute atomic E-state index is 13.6. The first-order valence-corrected chi connectivity index (χ1v) is 14.3. The smallest absolute Gasteiger partial charge is 0.352 e. The Morgan fingerprint density at radius 2 is 1.61 bits per heavy atom. The van der Waals surface area contributed by atoms with Gasteiger partial charge in [-0.3, -0.25) is 13.9 Å². The van der Waals surface area contributed by atoms with Crippen LogP contribution in [-0.4, -0.2) is 50.0 Å². The van der Waals surface area contributed by atoms with Crippen molar-refractivity contribution >= 4 is 62.3 Å². The van der Waals surface area contributed by atoms with Crippen LogP contribution in [0.25, 0.3) is 0 Å². The lowest BCUT2D eigenvalue weighted by Gasteiger charge is -2.33. The number of anilines is 1. The van der Waals surface area contributed by atoms with E-state index in [1.54, 1.807) is 26.8 Å². The number of carbonyl (C=O) groups excluding carboxylic acids is 2. The van der Waals surface area contributed by atoms with E-state index in [0.717, 1.165) is 23.3 Å². The first kappa shape index (κ1) is 32.0. The molecule has 2 amide bonds. The molecule has 38 heavy (non-hydrogen) atoms. The number of alkyl halides is 3. The minimum atomic E-state index is -4.86. The van der Waals surface area contributed by atoms with Gasteiger partial charge in [0.2, 0.25) is 21.8 Å². The molecule has 210 valence electrons. The van der Waals surface area contributed by atoms with E-state index in [9.17, 15) is 31.2 Å². The van der Waals surface area contributed by atoms with E-state index in [1.165, 1.54) is 12.1 Å². The van der Waals surface area contributed by atoms with Crippen LogP contribution in [-0.2, 0) is 32.3 Å². The third-order valence-corrected chi connectivity index (χ3v) is 7.59. The van der Waals surface area contributed by atoms with E-state index >= 15 is 0 Å². The molecule has 2 aromatic carbocycles. The number of amides is 2. The molecular formula is C24H27Cl3F3N3O4S. The number of nitrogens with zero attached hydrogens (tertiary/aromatic N) is 2. The largest absolute Gasteiger partial charge is 0.417 e. The molecular weight excluding hydrogens is 590 g/mol. The Bertz CT molecular complexity index is 1290. The van der Waals surface area contributed by atoms with Crippen LogP contribution in [0.15, 0.2) is 36.4 Å². The van der Waals surface area contributed by atoms with Crippen LogP contribution in [0.1, 0.15) is 38.3 Å². The average molecular weight is 617 g/mol. The first-order valence-electron chi connectivity index (χ1n) is 11.3. The van der Waals surface area contributed by atoms with E-state index in [0.29, 0.717) is 15.9 Å². The SMILES string of the molecule is CC[C@@H](C(=O)NC(C)C)N(Cc1ccc(Cl)c(Cl)c1)C(=O)CN(c1ccc(Cl)c(C(F)(F)F)c1)S(C)(=O)=O. The Labute approximate surface area is 234 Å². The Kier molecular flexibility index (Phi) is 10.7. The van der Waals surface area contributed by atoms with E-state index in [2.05, 4.69) is 5.32 Å². The highest BCUT2D eigenvalue weighted by Gasteiger charge is 2.36. The molecule has 0 aliphatic heterocycles. The van der Waals surface area contributed by atoms with Gasteiger partial charge in [-0.25, -0.2) is 8.42 Å². The van der Waals surface area contributed by atoms with Gasteiger partial charge in [-0.1, -0.05) is 47.8 Å². The molecule has 0 aliphatic carbocycles. The summed E-state index contributed by atoms with van der Waals surface area (Å²) in [6, 6.07) is 5.86. The Morgan fingerprint density at radius 1 is 1.00 bits per heavy atom. The monoisotopic (exact) mass is 615 g/mol. The van der Waals surface area contributed by atoms with Gasteiger partial charge < -0.3 is 10.2 Å². The predicted octanol–water partition coefficient (Wildman–Crippen LogP) is 5.76. The molecule has 0 saturated carbocycles. The van der Waals surface area contributed by atoms with Gasteiger partial charge in [0, 0.05) is 12.6 Å². The van der Waals surface area contributed by atoms with Gasteiger partial charge in [-0.15, -0.1) is 0 Å². The Balaban J connectivity index is 2.55. The Morgan fingerprint density at radius 3 is 2.11 bits per heavy atom. The molecule has 1 atom stereocenters. The molecule has 0 aliphatic rings. The quantitative estimate of drug-likeness (QED) is 0.368. The average Bonchev–Trinajstić information content (AvgIpc) is 2.78. The van der Waals surface area contributed by atoms with Crippen molar-refractivity contribution < 1.29 is 31.2 Å². The molecule has 0 saturated heterocycles. The summed E-state index contributed by atoms with van der Waals surface area (Å²) in [5.41, 5.74) is -1.17. The van der Waals surface area contributed by atoms with Gasteiger partial charge >= 0.3 is 6.18 Å². The van der Waals surface area contributed by atoms with Crippen LogP contribution >= 0.6 is 34.8 Å². The summed E-state index contributed by atoms with van der Waals surface area (Å²) in [6.07, 6.45) is -3.93. The molecule has 0 spiro atoms. The van der Waals surface area contributed by atoms with E-state index < -0.39 is 56.9 Å². The van der Waals surface area contributed by atoms with Gasteiger partial charge in [0.1, 0.15) is 12.6 Å². The van der Waals surface area contributed by atoms with Crippen LogP contribution in [0.3, 0.4) is 0 Å². The summed E-state index contributed by atoms with van der Waals surface area (Å²) in [7, 11) is -4.24. The van der Waals surface area contributed by atoms with Crippen molar-refractivity contribution in [2.75, 3.05) is 17.1 Å². The molecule has 14 heteroatoms. The number of benzene rings is 2. The lowest BCUT2D eigenvalue weighted by atomic mass is 10.1. The second-order valence-electron chi connectivity index (χ2n) is 8.79. The van der Waals surface area contributed by atoms with Crippen molar-refractivity contribution in [2.24, 2.45) is 0 Å². The van der Waals surface area contributed by atoms with Gasteiger partial charge in [0.15, 0.2) is 0 Å². The molecule has 1 N–H and O–H groups in total. The molecule has 0 aromatic heterocycles. The highest BCUT2D eigenvalue weighted by atomic mass is 35.5. The lowest BCUT2D eigenvalue weighted by Crippen LogP contribution is -2.53. The zero-order valence-electron chi connectivity index (χ0n) is 20.9. The molecule has 0 unspecified atom stereocenters. The predicted molar refractivity (Wildman–Crippen MR) is 143 cm³/mol. The van der Waals surface area contributed by atoms with Gasteiger partial charge in [0.25, 0.3) is 0 Å². The van der Waals surface area contributed by atoms with E-state index in [1.807, 2.05) is 0 Å². The van der Waals surface area contributed by atoms with Gasteiger partial charge in [-0.05, 0) is 56.2 Å². The number of hydrogen-bond donors (Lipinski definition) is 1. The number of nitrogens with one attached hydrogen (secondary N) is 1. The second kappa shape index (κ2) is 12.8. The van der Waals surface area contributed by atoms with Gasteiger partial charge in [-0.2, -0.15) is 13.2 Å². The number of sulfonamides is 1. The van der Waals surface area contributed by atoms with E-state index in [-0.39, 0.29) is 29.1 Å². The van der Waals surface area contributed by atoms with Crippen LogP contribution in [0.4, 0.5) is 18.9 Å². The van der Waals surface area contributed by atoms with Gasteiger partial charge in [0.05, 0.1) is 32.6 Å². The molecule has 2 aromatic rings. The highest BCUT2D eigenvalue weighted by Crippen LogP contribution is 2.37. The summed E-state index contributed by atoms with van der Waals surface area (Å²) < 4.78 is 66.1. The third kappa shape index (κ3) is 8.39. The Hall–Kier alpha value is -2.21. The second-order valence-corrected chi connectivity index (χ2v) is 11.9. The minimum Gasteiger partial charge on any atom is -0.352 e. The summed E-state index contributed by atoms with van der Waals surface area (Å²) >= 11 is 17.8. The maximum atomic E-state index is 13.6. The summed E-state index contributed by atoms with van der Waals surface area (Å²) in [4.78, 5) is 27.7. The summed E-state index contributed by atoms with van der Waals surface area (Å²) in [6.45, 7) is 4.12. The van der Waals surface area contributed by atoms with E-state index in [4.69, 9.17) is 34.8 Å². The zero-order valence-corrected chi connectivity index (χ0v) is 24.0. The minimum absolute atomic E-state index is 0.147. The standard InChI is InChI=1S/C24H27Cl3F3N3O4S/c1-5-21(23(35)31-14(2)3)32(12-15-6-8-19(26)20(27)10-15)22(34)13-33(38(4,36)37)16-7-9-18(25)17(11-16)24(28,29)30/h6-11,14,21H,5,12-13H2,1-4H3,(H,31,35)/t21-/m0/s1. The van der Waals surface area contributed by atoms with Crippen LogP contribution in [0.5, 0.6) is 0 Å². The first-order chi connectivity index (χ1) is 17.4. The van der Waals surface area contributed by atoms with Crippen molar-refractivity contribution in [2.45, 2.75) is 52.0 Å². The molecule has 7 nitrogen and oxygen atoms in total.